The smallest absolute Gasteiger partial charge is 0.354 e. The zero-order chi connectivity index (χ0) is 10.0. The maximum atomic E-state index is 10.7. The van der Waals surface area contributed by atoms with Crippen LogP contribution in [0.25, 0.3) is 0 Å². The first-order valence-corrected chi connectivity index (χ1v) is 4.44. The quantitative estimate of drug-likeness (QED) is 0.827. The Morgan fingerprint density at radius 1 is 1.85 bits per heavy atom. The molecule has 1 rings (SSSR count). The molecule has 2 N–H and O–H groups in total. The summed E-state index contributed by atoms with van der Waals surface area (Å²) >= 11 is 3.09. The number of aromatic nitrogens is 2. The molecule has 0 aliphatic rings. The van der Waals surface area contributed by atoms with E-state index < -0.39 is 12.1 Å². The fourth-order valence-electron chi connectivity index (χ4n) is 0.962. The van der Waals surface area contributed by atoms with Gasteiger partial charge in [0.05, 0.1) is 18.8 Å². The lowest BCUT2D eigenvalue weighted by atomic mass is 10.4. The minimum absolute atomic E-state index is 0.0628. The van der Waals surface area contributed by atoms with E-state index in [0.717, 1.165) is 0 Å². The van der Waals surface area contributed by atoms with Gasteiger partial charge < -0.3 is 14.8 Å². The van der Waals surface area contributed by atoms with Crippen LogP contribution in [0.5, 0.6) is 0 Å². The topological polar surface area (TPSA) is 75.4 Å². The highest BCUT2D eigenvalue weighted by Gasteiger charge is 2.14. The van der Waals surface area contributed by atoms with Crippen LogP contribution in [0.3, 0.4) is 0 Å². The summed E-state index contributed by atoms with van der Waals surface area (Å²) in [5.74, 6) is -1.06. The van der Waals surface area contributed by atoms with Crippen LogP contribution >= 0.6 is 15.9 Å². The average molecular weight is 249 g/mol. The lowest BCUT2D eigenvalue weighted by Crippen LogP contribution is -2.16. The van der Waals surface area contributed by atoms with Crippen LogP contribution in [0, 0.1) is 0 Å². The van der Waals surface area contributed by atoms with Crippen molar-refractivity contribution in [3.8, 4) is 0 Å². The minimum Gasteiger partial charge on any atom is -0.477 e. The second kappa shape index (κ2) is 3.89. The van der Waals surface area contributed by atoms with Gasteiger partial charge in [0.25, 0.3) is 0 Å². The Morgan fingerprint density at radius 2 is 2.46 bits per heavy atom. The number of rotatable bonds is 3. The van der Waals surface area contributed by atoms with Crippen LogP contribution in [-0.2, 0) is 6.54 Å². The van der Waals surface area contributed by atoms with Crippen LogP contribution in [0.1, 0.15) is 17.4 Å². The standard InChI is InChI=1S/C7H9BrN2O3/c1-4(11)3-10-5(6(12)13)2-9-7(10)8/h2,4,11H,3H2,1H3,(H,12,13). The molecule has 0 aliphatic carbocycles. The third kappa shape index (κ3) is 2.28. The van der Waals surface area contributed by atoms with Crippen molar-refractivity contribution < 1.29 is 15.0 Å². The Bertz CT molecular complexity index is 322. The molecule has 0 bridgehead atoms. The number of aliphatic hydroxyl groups is 1. The number of nitrogens with zero attached hydrogens (tertiary/aromatic N) is 2. The van der Waals surface area contributed by atoms with Crippen molar-refractivity contribution in [2.75, 3.05) is 0 Å². The van der Waals surface area contributed by atoms with Gasteiger partial charge in [0.15, 0.2) is 4.73 Å². The summed E-state index contributed by atoms with van der Waals surface area (Å²) in [7, 11) is 0. The first-order chi connectivity index (χ1) is 6.02. The highest BCUT2D eigenvalue weighted by atomic mass is 79.9. The van der Waals surface area contributed by atoms with E-state index in [-0.39, 0.29) is 12.2 Å². The summed E-state index contributed by atoms with van der Waals surface area (Å²) < 4.78 is 1.80. The highest BCUT2D eigenvalue weighted by Crippen LogP contribution is 2.12. The summed E-state index contributed by atoms with van der Waals surface area (Å²) in [5.41, 5.74) is 0.0628. The third-order valence-corrected chi connectivity index (χ3v) is 2.11. The van der Waals surface area contributed by atoms with Gasteiger partial charge in [-0.05, 0) is 22.9 Å². The predicted octanol–water partition coefficient (Wildman–Crippen LogP) is 0.725. The highest BCUT2D eigenvalue weighted by molar-refractivity contribution is 9.10. The molecule has 6 heteroatoms. The lowest BCUT2D eigenvalue weighted by Gasteiger charge is -2.08. The van der Waals surface area contributed by atoms with Crippen LogP contribution in [-0.4, -0.2) is 31.8 Å². The van der Waals surface area contributed by atoms with Gasteiger partial charge in [0, 0.05) is 0 Å². The minimum atomic E-state index is -1.06. The monoisotopic (exact) mass is 248 g/mol. The number of hydrogen-bond donors (Lipinski definition) is 2. The van der Waals surface area contributed by atoms with E-state index in [0.29, 0.717) is 4.73 Å². The van der Waals surface area contributed by atoms with E-state index in [9.17, 15) is 4.79 Å². The number of halogens is 1. The van der Waals surface area contributed by atoms with Crippen LogP contribution in [0.4, 0.5) is 0 Å². The molecule has 0 saturated heterocycles. The maximum Gasteiger partial charge on any atom is 0.354 e. The molecule has 0 aliphatic heterocycles. The number of imidazole rings is 1. The number of aromatic carboxylic acids is 1. The Hall–Kier alpha value is -0.880. The largest absolute Gasteiger partial charge is 0.477 e. The van der Waals surface area contributed by atoms with Crippen LogP contribution < -0.4 is 0 Å². The fraction of sp³-hybridized carbons (Fsp3) is 0.429. The Morgan fingerprint density at radius 3 is 2.92 bits per heavy atom. The van der Waals surface area contributed by atoms with Gasteiger partial charge in [0.1, 0.15) is 5.69 Å². The molecule has 0 saturated carbocycles. The van der Waals surface area contributed by atoms with Crippen molar-refractivity contribution in [2.24, 2.45) is 0 Å². The molecule has 72 valence electrons. The van der Waals surface area contributed by atoms with Crippen molar-refractivity contribution in [1.29, 1.82) is 0 Å². The van der Waals surface area contributed by atoms with Gasteiger partial charge in [-0.1, -0.05) is 0 Å². The summed E-state index contributed by atoms with van der Waals surface area (Å²) in [6.45, 7) is 1.79. The van der Waals surface area contributed by atoms with Gasteiger partial charge in [-0.2, -0.15) is 0 Å². The molecule has 1 aromatic rings. The second-order valence-corrected chi connectivity index (χ2v) is 3.39. The molecule has 1 heterocycles. The van der Waals surface area contributed by atoms with Crippen molar-refractivity contribution in [1.82, 2.24) is 9.55 Å². The number of carboxylic acids is 1. The van der Waals surface area contributed by atoms with Gasteiger partial charge in [-0.3, -0.25) is 0 Å². The number of hydrogen-bond acceptors (Lipinski definition) is 3. The predicted molar refractivity (Wildman–Crippen MR) is 48.6 cm³/mol. The van der Waals surface area contributed by atoms with Crippen molar-refractivity contribution >= 4 is 21.9 Å². The first kappa shape index (κ1) is 10.2. The Labute approximate surface area is 83.1 Å². The molecule has 0 fully saturated rings. The first-order valence-electron chi connectivity index (χ1n) is 3.64. The molecule has 0 amide bonds. The van der Waals surface area contributed by atoms with E-state index in [1.54, 1.807) is 6.92 Å². The molecular weight excluding hydrogens is 240 g/mol. The third-order valence-electron chi connectivity index (χ3n) is 1.47. The van der Waals surface area contributed by atoms with Crippen molar-refractivity contribution in [3.63, 3.8) is 0 Å². The number of aliphatic hydroxyl groups excluding tert-OH is 1. The SMILES string of the molecule is CC(O)Cn1c(C(=O)O)cnc1Br. The summed E-state index contributed by atoms with van der Waals surface area (Å²) in [6, 6.07) is 0. The normalized spacial score (nSPS) is 12.8. The van der Waals surface area contributed by atoms with Crippen molar-refractivity contribution in [2.45, 2.75) is 19.6 Å². The molecule has 0 radical (unpaired) electrons. The lowest BCUT2D eigenvalue weighted by molar-refractivity contribution is 0.0680. The summed E-state index contributed by atoms with van der Waals surface area (Å²) in [6.07, 6.45) is 0.637. The van der Waals surface area contributed by atoms with E-state index in [1.807, 2.05) is 0 Å². The van der Waals surface area contributed by atoms with E-state index in [2.05, 4.69) is 20.9 Å². The Balaban J connectivity index is 3.01. The summed E-state index contributed by atoms with van der Waals surface area (Å²) in [4.78, 5) is 14.4. The van der Waals surface area contributed by atoms with E-state index in [4.69, 9.17) is 10.2 Å². The number of carboxylic acid groups (broad SMARTS) is 1. The van der Waals surface area contributed by atoms with E-state index >= 15 is 0 Å². The van der Waals surface area contributed by atoms with Crippen LogP contribution in [0.2, 0.25) is 0 Å². The van der Waals surface area contributed by atoms with Gasteiger partial charge in [-0.15, -0.1) is 0 Å². The summed E-state index contributed by atoms with van der Waals surface area (Å²) in [5, 5.41) is 17.8. The molecule has 1 aromatic heterocycles. The number of carbonyl (C=O) groups is 1. The zero-order valence-electron chi connectivity index (χ0n) is 6.94. The van der Waals surface area contributed by atoms with Gasteiger partial charge in [0.2, 0.25) is 0 Å². The molecule has 0 aromatic carbocycles. The van der Waals surface area contributed by atoms with E-state index in [1.165, 1.54) is 10.8 Å². The molecule has 1 atom stereocenters. The van der Waals surface area contributed by atoms with Gasteiger partial charge >= 0.3 is 5.97 Å². The second-order valence-electron chi connectivity index (χ2n) is 2.68. The van der Waals surface area contributed by atoms with Gasteiger partial charge in [-0.25, -0.2) is 9.78 Å². The molecule has 13 heavy (non-hydrogen) atoms. The molecule has 0 spiro atoms. The maximum absolute atomic E-state index is 10.7. The molecule has 5 nitrogen and oxygen atoms in total. The van der Waals surface area contributed by atoms with Crippen molar-refractivity contribution in [3.05, 3.63) is 16.6 Å². The molecule has 1 unspecified atom stereocenters. The van der Waals surface area contributed by atoms with Crippen LogP contribution in [0.15, 0.2) is 10.9 Å². The average Bonchev–Trinajstić information content (AvgIpc) is 2.32. The Kier molecular flexibility index (Phi) is 3.05. The zero-order valence-corrected chi connectivity index (χ0v) is 8.52. The fourth-order valence-corrected chi connectivity index (χ4v) is 1.40. The molecular formula is C7H9BrN2O3.